The van der Waals surface area contributed by atoms with Gasteiger partial charge in [-0.15, -0.1) is 17.0 Å². The zero-order valence-corrected chi connectivity index (χ0v) is 26.7. The highest BCUT2D eigenvalue weighted by Gasteiger charge is 2.28. The lowest BCUT2D eigenvalue weighted by Crippen LogP contribution is -2.28. The van der Waals surface area contributed by atoms with Crippen LogP contribution < -0.4 is 5.62 Å². The van der Waals surface area contributed by atoms with Crippen LogP contribution in [0.5, 0.6) is 5.75 Å². The van der Waals surface area contributed by atoms with Crippen molar-refractivity contribution in [2.75, 3.05) is 0 Å². The zero-order chi connectivity index (χ0) is 28.5. The number of nitrogens with zero attached hydrogens (tertiary/aromatic N) is 2. The largest absolute Gasteiger partial charge is 0.507 e. The van der Waals surface area contributed by atoms with E-state index in [1.807, 2.05) is 87.1 Å². The Morgan fingerprint density at radius 1 is 0.825 bits per heavy atom. The van der Waals surface area contributed by atoms with Gasteiger partial charge in [0.05, 0.1) is 24.1 Å². The van der Waals surface area contributed by atoms with Crippen molar-refractivity contribution in [1.29, 1.82) is 5.41 Å². The van der Waals surface area contributed by atoms with E-state index in [9.17, 15) is 9.90 Å². The van der Waals surface area contributed by atoms with Gasteiger partial charge in [-0.2, -0.15) is 0 Å². The van der Waals surface area contributed by atoms with Crippen LogP contribution in [0.1, 0.15) is 93.9 Å². The molecule has 1 heterocycles. The molecular formula is C34H44BrN3O2. The average molecular weight is 607 g/mol. The number of ketones is 1. The molecule has 0 radical (unpaired) electrons. The SMILES string of the molecule is Br.CCCCc1ccccc1Cn1c(=N)n(CC(=O)c2cc(C(C)(C)C)c(O)c(C(C)(C)C)c2)c2ccccc21. The predicted molar refractivity (Wildman–Crippen MR) is 170 cm³/mol. The molecule has 0 atom stereocenters. The maximum atomic E-state index is 13.8. The van der Waals surface area contributed by atoms with Gasteiger partial charge in [0.15, 0.2) is 5.78 Å². The fraction of sp³-hybridized carbons (Fsp3) is 0.412. The Kier molecular flexibility index (Phi) is 9.56. The van der Waals surface area contributed by atoms with Crippen molar-refractivity contribution < 1.29 is 9.90 Å². The number of imidazole rings is 1. The van der Waals surface area contributed by atoms with E-state index in [1.54, 1.807) is 0 Å². The van der Waals surface area contributed by atoms with Crippen LogP contribution in [0.3, 0.4) is 0 Å². The Hall–Kier alpha value is -3.12. The van der Waals surface area contributed by atoms with E-state index in [0.29, 0.717) is 17.7 Å². The highest BCUT2D eigenvalue weighted by atomic mass is 79.9. The standard InChI is InChI=1S/C34H43N3O2.BrH/c1-8-9-14-23-15-10-11-16-24(23)21-36-28-17-12-13-18-29(28)37(32(36)35)22-30(38)25-19-26(33(2,3)4)31(39)27(20-25)34(5,6)7;/h10-13,15-20,35,39H,8-9,14,21-22H2,1-7H3;1H. The van der Waals surface area contributed by atoms with Gasteiger partial charge in [-0.1, -0.05) is 91.3 Å². The normalized spacial score (nSPS) is 12.0. The lowest BCUT2D eigenvalue weighted by molar-refractivity contribution is 0.0971. The van der Waals surface area contributed by atoms with Gasteiger partial charge in [-0.3, -0.25) is 10.2 Å². The lowest BCUT2D eigenvalue weighted by atomic mass is 9.78. The number of para-hydroxylation sites is 2. The summed E-state index contributed by atoms with van der Waals surface area (Å²) in [5, 5.41) is 20.3. The number of aromatic nitrogens is 2. The number of benzene rings is 3. The van der Waals surface area contributed by atoms with Gasteiger partial charge < -0.3 is 14.2 Å². The highest BCUT2D eigenvalue weighted by Crippen LogP contribution is 2.40. The molecule has 2 N–H and O–H groups in total. The van der Waals surface area contributed by atoms with Crippen molar-refractivity contribution in [3.05, 3.63) is 94.1 Å². The number of hydrogen-bond donors (Lipinski definition) is 2. The first kappa shape index (κ1) is 31.4. The summed E-state index contributed by atoms with van der Waals surface area (Å²) in [7, 11) is 0. The summed E-state index contributed by atoms with van der Waals surface area (Å²) in [6, 6.07) is 20.1. The first-order valence-electron chi connectivity index (χ1n) is 14.0. The van der Waals surface area contributed by atoms with Crippen LogP contribution in [0, 0.1) is 5.41 Å². The van der Waals surface area contributed by atoms with Crippen LogP contribution in [0.15, 0.2) is 60.7 Å². The fourth-order valence-electron chi connectivity index (χ4n) is 5.28. The Bertz CT molecular complexity index is 1530. The van der Waals surface area contributed by atoms with Crippen molar-refractivity contribution >= 4 is 33.8 Å². The van der Waals surface area contributed by atoms with Gasteiger partial charge in [-0.25, -0.2) is 0 Å². The molecule has 4 aromatic rings. The Labute approximate surface area is 249 Å². The third-order valence-corrected chi connectivity index (χ3v) is 7.57. The summed E-state index contributed by atoms with van der Waals surface area (Å²) in [6.45, 7) is 15.1. The van der Waals surface area contributed by atoms with Crippen molar-refractivity contribution in [3.63, 3.8) is 0 Å². The molecule has 0 bridgehead atoms. The van der Waals surface area contributed by atoms with E-state index >= 15 is 0 Å². The fourth-order valence-corrected chi connectivity index (χ4v) is 5.28. The van der Waals surface area contributed by atoms with Gasteiger partial charge >= 0.3 is 0 Å². The Morgan fingerprint density at radius 3 is 1.85 bits per heavy atom. The van der Waals surface area contributed by atoms with Crippen molar-refractivity contribution in [2.24, 2.45) is 0 Å². The number of aromatic hydroxyl groups is 1. The van der Waals surface area contributed by atoms with Gasteiger partial charge in [-0.05, 0) is 59.1 Å². The molecule has 0 fully saturated rings. The molecular weight excluding hydrogens is 562 g/mol. The number of aryl methyl sites for hydroxylation is 1. The number of fused-ring (bicyclic) bond motifs is 1. The highest BCUT2D eigenvalue weighted by molar-refractivity contribution is 8.93. The first-order chi connectivity index (χ1) is 18.3. The van der Waals surface area contributed by atoms with Gasteiger partial charge in [0.2, 0.25) is 5.62 Å². The molecule has 214 valence electrons. The van der Waals surface area contributed by atoms with E-state index in [2.05, 4.69) is 31.2 Å². The molecule has 0 unspecified atom stereocenters. The molecule has 6 heteroatoms. The molecule has 0 aliphatic rings. The third kappa shape index (κ3) is 6.43. The molecule has 1 aromatic heterocycles. The predicted octanol–water partition coefficient (Wildman–Crippen LogP) is 8.07. The number of halogens is 1. The second-order valence-corrected chi connectivity index (χ2v) is 12.7. The topological polar surface area (TPSA) is 71.0 Å². The number of phenols is 1. The van der Waals surface area contributed by atoms with Crippen molar-refractivity contribution in [3.8, 4) is 5.75 Å². The summed E-state index contributed by atoms with van der Waals surface area (Å²) in [5.41, 5.74) is 6.09. The first-order valence-corrected chi connectivity index (χ1v) is 14.0. The number of Topliss-reactive ketones (excluding diaryl/α,β-unsaturated/α-hetero) is 1. The maximum absolute atomic E-state index is 13.8. The second-order valence-electron chi connectivity index (χ2n) is 12.7. The van der Waals surface area contributed by atoms with Gasteiger partial charge in [0.1, 0.15) is 5.75 Å². The van der Waals surface area contributed by atoms with Crippen molar-refractivity contribution in [1.82, 2.24) is 9.13 Å². The van der Waals surface area contributed by atoms with E-state index in [-0.39, 0.29) is 45.9 Å². The van der Waals surface area contributed by atoms with Crippen LogP contribution in [0.4, 0.5) is 0 Å². The molecule has 0 amide bonds. The Morgan fingerprint density at radius 2 is 1.32 bits per heavy atom. The minimum atomic E-state index is -0.324. The number of phenolic OH excluding ortho intramolecular Hbond substituents is 1. The zero-order valence-electron chi connectivity index (χ0n) is 25.0. The van der Waals surface area contributed by atoms with Crippen LogP contribution in [0.2, 0.25) is 0 Å². The van der Waals surface area contributed by atoms with Crippen LogP contribution >= 0.6 is 17.0 Å². The third-order valence-electron chi connectivity index (χ3n) is 7.57. The number of hydrogen-bond acceptors (Lipinski definition) is 3. The van der Waals surface area contributed by atoms with Gasteiger partial charge in [0.25, 0.3) is 0 Å². The quantitative estimate of drug-likeness (QED) is 0.199. The molecule has 0 aliphatic heterocycles. The van der Waals surface area contributed by atoms with E-state index in [1.165, 1.54) is 11.1 Å². The van der Waals surface area contributed by atoms with E-state index in [4.69, 9.17) is 5.41 Å². The van der Waals surface area contributed by atoms with Crippen LogP contribution in [-0.2, 0) is 30.3 Å². The molecule has 5 nitrogen and oxygen atoms in total. The average Bonchev–Trinajstić information content (AvgIpc) is 3.12. The van der Waals surface area contributed by atoms with Crippen LogP contribution in [-0.4, -0.2) is 20.0 Å². The molecule has 40 heavy (non-hydrogen) atoms. The molecule has 0 saturated carbocycles. The van der Waals surface area contributed by atoms with Crippen molar-refractivity contribution in [2.45, 2.75) is 91.6 Å². The summed E-state index contributed by atoms with van der Waals surface area (Å²) in [6.07, 6.45) is 3.29. The molecule has 0 saturated heterocycles. The summed E-state index contributed by atoms with van der Waals surface area (Å²) in [5.74, 6) is 0.189. The smallest absolute Gasteiger partial charge is 0.203 e. The number of unbranched alkanes of at least 4 members (excludes halogenated alkanes) is 1. The number of nitrogens with one attached hydrogen (secondary N) is 1. The molecule has 3 aromatic carbocycles. The Balaban J connectivity index is 0.00000441. The number of carbonyl (C=O) groups is 1. The summed E-state index contributed by atoms with van der Waals surface area (Å²) >= 11 is 0. The number of carbonyl (C=O) groups excluding carboxylic acids is 1. The summed E-state index contributed by atoms with van der Waals surface area (Å²) in [4.78, 5) is 13.8. The monoisotopic (exact) mass is 605 g/mol. The molecule has 0 aliphatic carbocycles. The molecule has 0 spiro atoms. The number of rotatable bonds is 8. The van der Waals surface area contributed by atoms with E-state index < -0.39 is 0 Å². The van der Waals surface area contributed by atoms with Crippen LogP contribution in [0.25, 0.3) is 11.0 Å². The van der Waals surface area contributed by atoms with E-state index in [0.717, 1.165) is 41.4 Å². The lowest BCUT2D eigenvalue weighted by Gasteiger charge is -2.28. The second kappa shape index (κ2) is 12.2. The summed E-state index contributed by atoms with van der Waals surface area (Å²) < 4.78 is 3.82. The minimum Gasteiger partial charge on any atom is -0.507 e. The maximum Gasteiger partial charge on any atom is 0.203 e. The minimum absolute atomic E-state index is 0. The van der Waals surface area contributed by atoms with Gasteiger partial charge in [0, 0.05) is 16.7 Å². The molecule has 4 rings (SSSR count).